The van der Waals surface area contributed by atoms with Crippen molar-refractivity contribution >= 4 is 47.6 Å². The van der Waals surface area contributed by atoms with Gasteiger partial charge in [-0.05, 0) is 68.1 Å². The number of sulfonamides is 2. The second-order valence-corrected chi connectivity index (χ2v) is 14.3. The second-order valence-electron chi connectivity index (χ2n) is 9.49. The van der Waals surface area contributed by atoms with Crippen molar-refractivity contribution in [3.8, 4) is 0 Å². The van der Waals surface area contributed by atoms with Crippen LogP contribution in [0.15, 0.2) is 87.1 Å². The van der Waals surface area contributed by atoms with Gasteiger partial charge in [-0.3, -0.25) is 4.79 Å². The lowest BCUT2D eigenvalue weighted by molar-refractivity contribution is -0.116. The van der Waals surface area contributed by atoms with Crippen molar-refractivity contribution in [2.75, 3.05) is 45.1 Å². The SMILES string of the molecule is Cc1ccc(CN(CC(=O)Nc2ccc(S(=O)(=O)N3CCN(C)CC3)cc2)S(=O)(=O)c2ccc(Br)cc2)cc1. The van der Waals surface area contributed by atoms with Gasteiger partial charge < -0.3 is 10.2 Å². The number of halogens is 1. The molecule has 3 aromatic rings. The minimum Gasteiger partial charge on any atom is -0.325 e. The molecule has 0 bridgehead atoms. The average Bonchev–Trinajstić information content (AvgIpc) is 2.90. The number of carbonyl (C=O) groups excluding carboxylic acids is 1. The Bertz CT molecular complexity index is 1500. The lowest BCUT2D eigenvalue weighted by Gasteiger charge is -2.31. The Morgan fingerprint density at radius 3 is 2.00 bits per heavy atom. The quantitative estimate of drug-likeness (QED) is 0.386. The van der Waals surface area contributed by atoms with E-state index >= 15 is 0 Å². The van der Waals surface area contributed by atoms with Gasteiger partial charge in [0, 0.05) is 42.9 Å². The number of rotatable bonds is 9. The van der Waals surface area contributed by atoms with Gasteiger partial charge in [0.25, 0.3) is 0 Å². The van der Waals surface area contributed by atoms with E-state index in [1.54, 1.807) is 12.1 Å². The van der Waals surface area contributed by atoms with Crippen molar-refractivity contribution in [2.24, 2.45) is 0 Å². The maximum absolute atomic E-state index is 13.5. The molecule has 1 amide bonds. The summed E-state index contributed by atoms with van der Waals surface area (Å²) in [6, 6.07) is 19.6. The third-order valence-electron chi connectivity index (χ3n) is 6.49. The number of nitrogens with zero attached hydrogens (tertiary/aromatic N) is 3. The van der Waals surface area contributed by atoms with E-state index in [2.05, 4.69) is 26.1 Å². The highest BCUT2D eigenvalue weighted by molar-refractivity contribution is 9.10. The zero-order valence-electron chi connectivity index (χ0n) is 21.7. The lowest BCUT2D eigenvalue weighted by atomic mass is 10.1. The predicted molar refractivity (Wildman–Crippen MR) is 154 cm³/mol. The van der Waals surface area contributed by atoms with Crippen LogP contribution in [-0.4, -0.2) is 76.0 Å². The number of nitrogens with one attached hydrogen (secondary N) is 1. The first-order valence-electron chi connectivity index (χ1n) is 12.3. The van der Waals surface area contributed by atoms with Gasteiger partial charge in [0.05, 0.1) is 16.3 Å². The number of likely N-dealkylation sites (N-methyl/N-ethyl adjacent to an activating group) is 1. The molecule has 0 unspecified atom stereocenters. The average molecular weight is 636 g/mol. The Morgan fingerprint density at radius 1 is 0.846 bits per heavy atom. The minimum atomic E-state index is -3.99. The third kappa shape index (κ3) is 7.33. The Labute approximate surface area is 238 Å². The van der Waals surface area contributed by atoms with E-state index in [0.717, 1.165) is 19.9 Å². The van der Waals surface area contributed by atoms with E-state index in [1.165, 1.54) is 40.7 Å². The van der Waals surface area contributed by atoms with E-state index in [4.69, 9.17) is 0 Å². The summed E-state index contributed by atoms with van der Waals surface area (Å²) >= 11 is 3.31. The summed E-state index contributed by atoms with van der Waals surface area (Å²) < 4.78 is 56.2. The van der Waals surface area contributed by atoms with Crippen LogP contribution in [0.3, 0.4) is 0 Å². The normalized spacial score (nSPS) is 15.4. The fourth-order valence-electron chi connectivity index (χ4n) is 4.13. The van der Waals surface area contributed by atoms with Crippen LogP contribution >= 0.6 is 15.9 Å². The lowest BCUT2D eigenvalue weighted by Crippen LogP contribution is -2.46. The molecule has 1 heterocycles. The molecule has 1 saturated heterocycles. The van der Waals surface area contributed by atoms with Gasteiger partial charge in [-0.15, -0.1) is 0 Å². The fraction of sp³-hybridized carbons (Fsp3) is 0.296. The van der Waals surface area contributed by atoms with E-state index in [9.17, 15) is 21.6 Å². The third-order valence-corrected chi connectivity index (χ3v) is 10.7. The fourth-order valence-corrected chi connectivity index (χ4v) is 7.20. The number of hydrogen-bond acceptors (Lipinski definition) is 6. The first kappa shape index (κ1) is 29.4. The standard InChI is InChI=1S/C27H31BrN4O5S2/c1-21-3-5-22(6-4-21)19-32(39(36,37)25-11-7-23(28)8-12-25)20-27(33)29-24-9-13-26(14-10-24)38(34,35)31-17-15-30(2)16-18-31/h3-14H,15-20H2,1-2H3,(H,29,33). The van der Waals surface area contributed by atoms with Gasteiger partial charge >= 0.3 is 0 Å². The Morgan fingerprint density at radius 2 is 1.41 bits per heavy atom. The van der Waals surface area contributed by atoms with E-state index in [-0.39, 0.29) is 16.3 Å². The zero-order chi connectivity index (χ0) is 28.2. The molecule has 0 atom stereocenters. The monoisotopic (exact) mass is 634 g/mol. The van der Waals surface area contributed by atoms with Crippen LogP contribution in [0.25, 0.3) is 0 Å². The van der Waals surface area contributed by atoms with Gasteiger partial charge in [-0.2, -0.15) is 8.61 Å². The zero-order valence-corrected chi connectivity index (χ0v) is 25.0. The van der Waals surface area contributed by atoms with Gasteiger partial charge in [0.15, 0.2) is 0 Å². The summed E-state index contributed by atoms with van der Waals surface area (Å²) in [4.78, 5) is 15.3. The molecule has 208 valence electrons. The highest BCUT2D eigenvalue weighted by Gasteiger charge is 2.29. The maximum Gasteiger partial charge on any atom is 0.243 e. The molecule has 0 saturated carbocycles. The summed E-state index contributed by atoms with van der Waals surface area (Å²) in [5.41, 5.74) is 2.15. The van der Waals surface area contributed by atoms with E-state index in [1.807, 2.05) is 38.2 Å². The van der Waals surface area contributed by atoms with E-state index in [0.29, 0.717) is 31.9 Å². The molecule has 3 aromatic carbocycles. The predicted octanol–water partition coefficient (Wildman–Crippen LogP) is 3.52. The molecule has 0 spiro atoms. The molecular formula is C27H31BrN4O5S2. The molecule has 0 radical (unpaired) electrons. The molecule has 1 N–H and O–H groups in total. The molecule has 1 aliphatic rings. The Balaban J connectivity index is 1.49. The number of benzene rings is 3. The number of piperazine rings is 1. The minimum absolute atomic E-state index is 0.00824. The maximum atomic E-state index is 13.5. The summed E-state index contributed by atoms with van der Waals surface area (Å²) in [5, 5.41) is 2.70. The van der Waals surface area contributed by atoms with Crippen LogP contribution in [0.1, 0.15) is 11.1 Å². The summed E-state index contributed by atoms with van der Waals surface area (Å²) in [6.45, 7) is 3.68. The molecule has 39 heavy (non-hydrogen) atoms. The van der Waals surface area contributed by atoms with E-state index < -0.39 is 32.5 Å². The summed E-state index contributed by atoms with van der Waals surface area (Å²) in [5.74, 6) is -0.544. The van der Waals surface area contributed by atoms with Crippen molar-refractivity contribution < 1.29 is 21.6 Å². The van der Waals surface area contributed by atoms with Gasteiger partial charge in [-0.25, -0.2) is 16.8 Å². The Hall–Kier alpha value is -2.61. The molecule has 4 rings (SSSR count). The molecule has 0 aromatic heterocycles. The van der Waals surface area contributed by atoms with Gasteiger partial charge in [-0.1, -0.05) is 45.8 Å². The summed E-state index contributed by atoms with van der Waals surface area (Å²) in [7, 11) is -5.68. The van der Waals surface area contributed by atoms with Crippen molar-refractivity contribution in [2.45, 2.75) is 23.3 Å². The number of aryl methyl sites for hydroxylation is 1. The van der Waals surface area contributed by atoms with Crippen LogP contribution < -0.4 is 5.32 Å². The number of hydrogen-bond donors (Lipinski definition) is 1. The van der Waals surface area contributed by atoms with Crippen LogP contribution in [0.2, 0.25) is 0 Å². The smallest absolute Gasteiger partial charge is 0.243 e. The van der Waals surface area contributed by atoms with Crippen molar-refractivity contribution in [3.63, 3.8) is 0 Å². The molecular weight excluding hydrogens is 604 g/mol. The van der Waals surface area contributed by atoms with Crippen molar-refractivity contribution in [3.05, 3.63) is 88.4 Å². The molecule has 1 aliphatic heterocycles. The van der Waals surface area contributed by atoms with Crippen LogP contribution in [0.5, 0.6) is 0 Å². The largest absolute Gasteiger partial charge is 0.325 e. The first-order valence-corrected chi connectivity index (χ1v) is 16.0. The topological polar surface area (TPSA) is 107 Å². The van der Waals surface area contributed by atoms with Crippen LogP contribution in [-0.2, 0) is 31.4 Å². The summed E-state index contributed by atoms with van der Waals surface area (Å²) in [6.07, 6.45) is 0. The highest BCUT2D eigenvalue weighted by Crippen LogP contribution is 2.23. The molecule has 9 nitrogen and oxygen atoms in total. The van der Waals surface area contributed by atoms with Crippen molar-refractivity contribution in [1.29, 1.82) is 0 Å². The molecule has 1 fully saturated rings. The number of anilines is 1. The first-order chi connectivity index (χ1) is 18.4. The number of amides is 1. The van der Waals surface area contributed by atoms with Crippen LogP contribution in [0.4, 0.5) is 5.69 Å². The van der Waals surface area contributed by atoms with Gasteiger partial charge in [0.1, 0.15) is 0 Å². The highest BCUT2D eigenvalue weighted by atomic mass is 79.9. The number of carbonyl (C=O) groups is 1. The molecule has 12 heteroatoms. The van der Waals surface area contributed by atoms with Crippen LogP contribution in [0, 0.1) is 6.92 Å². The molecule has 0 aliphatic carbocycles. The Kier molecular flexibility index (Phi) is 9.25. The second kappa shape index (κ2) is 12.3. The van der Waals surface area contributed by atoms with Gasteiger partial charge in [0.2, 0.25) is 26.0 Å². The van der Waals surface area contributed by atoms with Crippen molar-refractivity contribution in [1.82, 2.24) is 13.5 Å².